The number of amides is 1. The molecule has 17 heavy (non-hydrogen) atoms. The first kappa shape index (κ1) is 11.4. The highest BCUT2D eigenvalue weighted by Gasteiger charge is 2.16. The molecule has 4 N–H and O–H groups in total. The number of fused-ring (bicyclic) bond motifs is 1. The number of ether oxygens (including phenoxy) is 1. The minimum atomic E-state index is -1.58. The highest BCUT2D eigenvalue weighted by Crippen LogP contribution is 2.24. The minimum absolute atomic E-state index is 0.289. The van der Waals surface area contributed by atoms with E-state index in [-0.39, 0.29) is 5.75 Å². The van der Waals surface area contributed by atoms with Crippen LogP contribution in [0.2, 0.25) is 0 Å². The lowest BCUT2D eigenvalue weighted by Crippen LogP contribution is -2.30. The number of carbonyl (C=O) groups is 1. The molecule has 0 radical (unpaired) electrons. The number of benzene rings is 2. The Kier molecular flexibility index (Phi) is 2.99. The molecule has 0 aliphatic carbocycles. The predicted molar refractivity (Wildman–Crippen MR) is 64.0 cm³/mol. The van der Waals surface area contributed by atoms with E-state index in [4.69, 9.17) is 10.5 Å². The Morgan fingerprint density at radius 3 is 2.35 bits per heavy atom. The molecule has 86 valence electrons. The van der Waals surface area contributed by atoms with Crippen LogP contribution >= 0.6 is 0 Å². The van der Waals surface area contributed by atoms with Gasteiger partial charge in [0.15, 0.2) is 0 Å². The maximum atomic E-state index is 10.7. The van der Waals surface area contributed by atoms with Gasteiger partial charge >= 0.3 is 13.2 Å². The standard InChI is InChI=1S/C11H10BNO4/c13-11(14)17-10-6-5-9(12(15)16)7-3-1-2-4-8(7)10/h1-6,15-16H,(H2,13,14). The van der Waals surface area contributed by atoms with Crippen molar-refractivity contribution in [2.24, 2.45) is 5.73 Å². The topological polar surface area (TPSA) is 92.8 Å². The van der Waals surface area contributed by atoms with Crippen molar-refractivity contribution in [1.82, 2.24) is 0 Å². The molecule has 5 nitrogen and oxygen atoms in total. The van der Waals surface area contributed by atoms with Gasteiger partial charge in [-0.1, -0.05) is 30.3 Å². The third kappa shape index (κ3) is 2.22. The van der Waals surface area contributed by atoms with Crippen LogP contribution in [0.3, 0.4) is 0 Å². The van der Waals surface area contributed by atoms with E-state index >= 15 is 0 Å². The maximum Gasteiger partial charge on any atom is 0.489 e. The highest BCUT2D eigenvalue weighted by atomic mass is 16.5. The van der Waals surface area contributed by atoms with Gasteiger partial charge in [-0.05, 0) is 16.9 Å². The summed E-state index contributed by atoms with van der Waals surface area (Å²) < 4.78 is 4.84. The summed E-state index contributed by atoms with van der Waals surface area (Å²) in [5.74, 6) is 0.289. The molecule has 2 rings (SSSR count). The van der Waals surface area contributed by atoms with Crippen LogP contribution in [0, 0.1) is 0 Å². The van der Waals surface area contributed by atoms with E-state index in [2.05, 4.69) is 0 Å². The third-order valence-electron chi connectivity index (χ3n) is 2.41. The Labute approximate surface area is 97.6 Å². The second-order valence-corrected chi connectivity index (χ2v) is 3.49. The molecule has 2 aromatic carbocycles. The van der Waals surface area contributed by atoms with Gasteiger partial charge in [-0.25, -0.2) is 4.79 Å². The van der Waals surface area contributed by atoms with Gasteiger partial charge in [0.25, 0.3) is 0 Å². The van der Waals surface area contributed by atoms with Crippen LogP contribution < -0.4 is 15.9 Å². The van der Waals surface area contributed by atoms with Crippen molar-refractivity contribution in [3.8, 4) is 5.75 Å². The fourth-order valence-electron chi connectivity index (χ4n) is 1.72. The summed E-state index contributed by atoms with van der Waals surface area (Å²) in [7, 11) is -1.58. The summed E-state index contributed by atoms with van der Waals surface area (Å²) in [5, 5.41) is 19.6. The second kappa shape index (κ2) is 4.44. The quantitative estimate of drug-likeness (QED) is 0.633. The Balaban J connectivity index is 2.66. The molecule has 0 saturated carbocycles. The zero-order valence-electron chi connectivity index (χ0n) is 8.83. The number of primary amides is 1. The average Bonchev–Trinajstić information content (AvgIpc) is 2.28. The Morgan fingerprint density at radius 1 is 1.12 bits per heavy atom. The predicted octanol–water partition coefficient (Wildman–Crippen LogP) is -0.0229. The van der Waals surface area contributed by atoms with Gasteiger partial charge in [-0.2, -0.15) is 0 Å². The summed E-state index contributed by atoms with van der Waals surface area (Å²) in [5.41, 5.74) is 5.30. The van der Waals surface area contributed by atoms with Gasteiger partial charge in [0.1, 0.15) is 5.75 Å². The van der Waals surface area contributed by atoms with E-state index in [1.54, 1.807) is 24.3 Å². The molecule has 0 bridgehead atoms. The van der Waals surface area contributed by atoms with Crippen molar-refractivity contribution in [3.05, 3.63) is 36.4 Å². The Morgan fingerprint density at radius 2 is 1.76 bits per heavy atom. The first-order chi connectivity index (χ1) is 8.09. The normalized spacial score (nSPS) is 10.2. The fourth-order valence-corrected chi connectivity index (χ4v) is 1.72. The molecule has 0 fully saturated rings. The highest BCUT2D eigenvalue weighted by molar-refractivity contribution is 6.62. The van der Waals surface area contributed by atoms with Crippen LogP contribution in [-0.2, 0) is 0 Å². The molecule has 0 heterocycles. The van der Waals surface area contributed by atoms with Crippen molar-refractivity contribution in [2.75, 3.05) is 0 Å². The molecule has 2 aromatic rings. The molecular weight excluding hydrogens is 221 g/mol. The molecule has 0 spiro atoms. The summed E-state index contributed by atoms with van der Waals surface area (Å²) >= 11 is 0. The van der Waals surface area contributed by atoms with Crippen molar-refractivity contribution in [1.29, 1.82) is 0 Å². The molecule has 0 aromatic heterocycles. The van der Waals surface area contributed by atoms with Crippen LogP contribution in [0.4, 0.5) is 4.79 Å². The third-order valence-corrected chi connectivity index (χ3v) is 2.41. The summed E-state index contributed by atoms with van der Waals surface area (Å²) in [6.45, 7) is 0. The average molecular weight is 231 g/mol. The number of hydrogen-bond donors (Lipinski definition) is 3. The molecule has 6 heteroatoms. The van der Waals surface area contributed by atoms with Gasteiger partial charge in [-0.15, -0.1) is 0 Å². The molecular formula is C11H10BNO4. The smallest absolute Gasteiger partial charge is 0.423 e. The summed E-state index contributed by atoms with van der Waals surface area (Å²) in [6, 6.07) is 9.87. The first-order valence-electron chi connectivity index (χ1n) is 4.94. The number of nitrogens with two attached hydrogens (primary N) is 1. The zero-order valence-corrected chi connectivity index (χ0v) is 8.83. The van der Waals surface area contributed by atoms with Crippen molar-refractivity contribution < 1.29 is 19.6 Å². The minimum Gasteiger partial charge on any atom is -0.423 e. The number of hydrogen-bond acceptors (Lipinski definition) is 4. The Bertz CT molecular complexity index is 570. The summed E-state index contributed by atoms with van der Waals surface area (Å²) in [6.07, 6.45) is -0.910. The van der Waals surface area contributed by atoms with Gasteiger partial charge in [-0.3, -0.25) is 0 Å². The van der Waals surface area contributed by atoms with Gasteiger partial charge < -0.3 is 20.5 Å². The van der Waals surface area contributed by atoms with Crippen LogP contribution in [0.25, 0.3) is 10.8 Å². The summed E-state index contributed by atoms with van der Waals surface area (Å²) in [4.78, 5) is 10.7. The largest absolute Gasteiger partial charge is 0.489 e. The lowest BCUT2D eigenvalue weighted by molar-refractivity contribution is 0.211. The van der Waals surface area contributed by atoms with Gasteiger partial charge in [0, 0.05) is 5.39 Å². The van der Waals surface area contributed by atoms with E-state index in [9.17, 15) is 14.8 Å². The number of rotatable bonds is 2. The Hall–Kier alpha value is -2.05. The lowest BCUT2D eigenvalue weighted by atomic mass is 9.77. The van der Waals surface area contributed by atoms with Crippen LogP contribution in [0.5, 0.6) is 5.75 Å². The monoisotopic (exact) mass is 231 g/mol. The molecule has 1 amide bonds. The molecule has 0 saturated heterocycles. The SMILES string of the molecule is NC(=O)Oc1ccc(B(O)O)c2ccccc12. The fraction of sp³-hybridized carbons (Fsp3) is 0. The van der Waals surface area contributed by atoms with Gasteiger partial charge in [0.2, 0.25) is 0 Å². The zero-order chi connectivity index (χ0) is 12.4. The van der Waals surface area contributed by atoms with Crippen LogP contribution in [0.15, 0.2) is 36.4 Å². The number of carbonyl (C=O) groups excluding carboxylic acids is 1. The molecule has 0 aliphatic heterocycles. The van der Waals surface area contributed by atoms with Crippen LogP contribution in [-0.4, -0.2) is 23.3 Å². The van der Waals surface area contributed by atoms with Crippen molar-refractivity contribution >= 4 is 29.4 Å². The van der Waals surface area contributed by atoms with Crippen LogP contribution in [0.1, 0.15) is 0 Å². The van der Waals surface area contributed by atoms with Crippen molar-refractivity contribution in [2.45, 2.75) is 0 Å². The van der Waals surface area contributed by atoms with E-state index in [1.165, 1.54) is 12.1 Å². The van der Waals surface area contributed by atoms with E-state index in [1.807, 2.05) is 0 Å². The maximum absolute atomic E-state index is 10.7. The first-order valence-corrected chi connectivity index (χ1v) is 4.94. The lowest BCUT2D eigenvalue weighted by Gasteiger charge is -2.09. The second-order valence-electron chi connectivity index (χ2n) is 3.49. The molecule has 0 unspecified atom stereocenters. The van der Waals surface area contributed by atoms with Gasteiger partial charge in [0.05, 0.1) is 0 Å². The molecule has 0 atom stereocenters. The van der Waals surface area contributed by atoms with E-state index in [0.717, 1.165) is 0 Å². The van der Waals surface area contributed by atoms with E-state index in [0.29, 0.717) is 16.2 Å². The van der Waals surface area contributed by atoms with Crippen molar-refractivity contribution in [3.63, 3.8) is 0 Å². The molecule has 0 aliphatic rings. The van der Waals surface area contributed by atoms with E-state index < -0.39 is 13.2 Å².